The lowest BCUT2D eigenvalue weighted by molar-refractivity contribution is -0.129. The van der Waals surface area contributed by atoms with Gasteiger partial charge in [0.1, 0.15) is 5.69 Å². The second-order valence-corrected chi connectivity index (χ2v) is 8.06. The Morgan fingerprint density at radius 3 is 2.57 bits per heavy atom. The van der Waals surface area contributed by atoms with Crippen LogP contribution >= 0.6 is 0 Å². The largest absolute Gasteiger partial charge is 0.343 e. The molecule has 1 aromatic carbocycles. The van der Waals surface area contributed by atoms with Crippen LogP contribution in [0.4, 0.5) is 0 Å². The molecule has 154 valence electrons. The molecule has 4 heterocycles. The lowest BCUT2D eigenvalue weighted by atomic mass is 9.95. The highest BCUT2D eigenvalue weighted by Gasteiger charge is 2.37. The summed E-state index contributed by atoms with van der Waals surface area (Å²) in [6.45, 7) is 4.16. The van der Waals surface area contributed by atoms with Crippen LogP contribution in [0.5, 0.6) is 0 Å². The minimum absolute atomic E-state index is 0.0579. The van der Waals surface area contributed by atoms with Crippen molar-refractivity contribution in [2.24, 2.45) is 0 Å². The summed E-state index contributed by atoms with van der Waals surface area (Å²) in [6, 6.07) is 9.68. The smallest absolute Gasteiger partial charge is 0.273 e. The molecule has 2 fully saturated rings. The Morgan fingerprint density at radius 2 is 1.80 bits per heavy atom. The SMILES string of the molecule is CC(=O)N1CCC(c2noc(C3CN(C(=O)c4nccc5ccccc45)C3)n2)CC1. The summed E-state index contributed by atoms with van der Waals surface area (Å²) in [6.07, 6.45) is 3.37. The first-order valence-corrected chi connectivity index (χ1v) is 10.3. The highest BCUT2D eigenvalue weighted by atomic mass is 16.5. The van der Waals surface area contributed by atoms with Gasteiger partial charge in [-0.05, 0) is 24.3 Å². The number of fused-ring (bicyclic) bond motifs is 1. The lowest BCUT2D eigenvalue weighted by Crippen LogP contribution is -2.48. The van der Waals surface area contributed by atoms with Gasteiger partial charge in [-0.15, -0.1) is 0 Å². The van der Waals surface area contributed by atoms with E-state index in [2.05, 4.69) is 15.1 Å². The molecule has 0 saturated carbocycles. The van der Waals surface area contributed by atoms with Crippen LogP contribution < -0.4 is 0 Å². The van der Waals surface area contributed by atoms with E-state index in [4.69, 9.17) is 4.52 Å². The van der Waals surface area contributed by atoms with Gasteiger partial charge >= 0.3 is 0 Å². The predicted molar refractivity (Wildman–Crippen MR) is 109 cm³/mol. The van der Waals surface area contributed by atoms with Crippen LogP contribution in [0.3, 0.4) is 0 Å². The fourth-order valence-electron chi connectivity index (χ4n) is 4.27. The van der Waals surface area contributed by atoms with Gasteiger partial charge in [0.2, 0.25) is 11.8 Å². The second-order valence-electron chi connectivity index (χ2n) is 8.06. The molecule has 0 unspecified atom stereocenters. The van der Waals surface area contributed by atoms with Gasteiger partial charge in [-0.3, -0.25) is 14.6 Å². The molecule has 0 spiro atoms. The van der Waals surface area contributed by atoms with Crippen molar-refractivity contribution in [1.82, 2.24) is 24.9 Å². The van der Waals surface area contributed by atoms with E-state index < -0.39 is 0 Å². The fraction of sp³-hybridized carbons (Fsp3) is 0.409. The van der Waals surface area contributed by atoms with E-state index in [1.807, 2.05) is 35.2 Å². The van der Waals surface area contributed by atoms with Gasteiger partial charge in [0.15, 0.2) is 5.82 Å². The molecule has 0 bridgehead atoms. The average Bonchev–Trinajstić information content (AvgIpc) is 3.22. The van der Waals surface area contributed by atoms with Crippen molar-refractivity contribution >= 4 is 22.6 Å². The average molecular weight is 405 g/mol. The van der Waals surface area contributed by atoms with Crippen LogP contribution in [0, 0.1) is 0 Å². The third kappa shape index (κ3) is 3.32. The topological polar surface area (TPSA) is 92.4 Å². The number of benzene rings is 1. The van der Waals surface area contributed by atoms with Crippen molar-refractivity contribution in [3.8, 4) is 0 Å². The maximum atomic E-state index is 12.9. The zero-order chi connectivity index (χ0) is 20.7. The normalized spacial score (nSPS) is 17.9. The molecule has 8 nitrogen and oxygen atoms in total. The maximum Gasteiger partial charge on any atom is 0.273 e. The minimum atomic E-state index is -0.0700. The molecule has 2 aliphatic rings. The number of aromatic nitrogens is 3. The van der Waals surface area contributed by atoms with Crippen molar-refractivity contribution in [1.29, 1.82) is 0 Å². The molecule has 8 heteroatoms. The number of piperidine rings is 1. The number of nitrogens with zero attached hydrogens (tertiary/aromatic N) is 5. The molecule has 0 atom stereocenters. The molecule has 3 aromatic rings. The zero-order valence-corrected chi connectivity index (χ0v) is 16.8. The van der Waals surface area contributed by atoms with Crippen molar-refractivity contribution in [2.75, 3.05) is 26.2 Å². The molecule has 5 rings (SSSR count). The van der Waals surface area contributed by atoms with E-state index in [0.29, 0.717) is 30.5 Å². The van der Waals surface area contributed by atoms with E-state index in [1.165, 1.54) is 0 Å². The number of amides is 2. The molecule has 2 saturated heterocycles. The Balaban J connectivity index is 1.22. The first-order chi connectivity index (χ1) is 14.6. The first-order valence-electron chi connectivity index (χ1n) is 10.3. The van der Waals surface area contributed by atoms with E-state index in [0.717, 1.165) is 36.7 Å². The first kappa shape index (κ1) is 18.7. The lowest BCUT2D eigenvalue weighted by Gasteiger charge is -2.37. The number of hydrogen-bond acceptors (Lipinski definition) is 6. The predicted octanol–water partition coefficient (Wildman–Crippen LogP) is 2.58. The summed E-state index contributed by atoms with van der Waals surface area (Å²) in [5.41, 5.74) is 0.481. The van der Waals surface area contributed by atoms with Crippen LogP contribution in [0.25, 0.3) is 10.8 Å². The number of rotatable bonds is 3. The molecule has 2 aromatic heterocycles. The highest BCUT2D eigenvalue weighted by Crippen LogP contribution is 2.31. The van der Waals surface area contributed by atoms with Crippen LogP contribution in [0.1, 0.15) is 53.8 Å². The van der Waals surface area contributed by atoms with Gasteiger partial charge in [-0.25, -0.2) is 0 Å². The number of pyridine rings is 1. The number of hydrogen-bond donors (Lipinski definition) is 0. The van der Waals surface area contributed by atoms with Crippen molar-refractivity contribution in [3.05, 3.63) is 53.9 Å². The summed E-state index contributed by atoms with van der Waals surface area (Å²) in [5, 5.41) is 6.05. The van der Waals surface area contributed by atoms with Gasteiger partial charge in [-0.2, -0.15) is 4.98 Å². The van der Waals surface area contributed by atoms with E-state index >= 15 is 0 Å². The van der Waals surface area contributed by atoms with Gasteiger partial charge in [0.25, 0.3) is 5.91 Å². The van der Waals surface area contributed by atoms with Crippen molar-refractivity contribution in [2.45, 2.75) is 31.6 Å². The molecule has 0 aliphatic carbocycles. The van der Waals surface area contributed by atoms with Gasteiger partial charge < -0.3 is 14.3 Å². The highest BCUT2D eigenvalue weighted by molar-refractivity contribution is 6.05. The summed E-state index contributed by atoms with van der Waals surface area (Å²) in [5.74, 6) is 1.63. The van der Waals surface area contributed by atoms with Crippen LogP contribution in [0.2, 0.25) is 0 Å². The Labute approximate surface area is 173 Å². The number of carbonyl (C=O) groups is 2. The minimum Gasteiger partial charge on any atom is -0.343 e. The van der Waals surface area contributed by atoms with Crippen molar-refractivity contribution in [3.63, 3.8) is 0 Å². The molecule has 30 heavy (non-hydrogen) atoms. The van der Waals surface area contributed by atoms with Crippen LogP contribution in [0.15, 0.2) is 41.1 Å². The second kappa shape index (κ2) is 7.51. The molecule has 0 N–H and O–H groups in total. The maximum absolute atomic E-state index is 12.9. The summed E-state index contributed by atoms with van der Waals surface area (Å²) in [4.78, 5) is 37.0. The summed E-state index contributed by atoms with van der Waals surface area (Å²) >= 11 is 0. The van der Waals surface area contributed by atoms with Crippen molar-refractivity contribution < 1.29 is 14.1 Å². The Morgan fingerprint density at radius 1 is 1.03 bits per heavy atom. The third-order valence-electron chi connectivity index (χ3n) is 6.16. The quantitative estimate of drug-likeness (QED) is 0.665. The third-order valence-corrected chi connectivity index (χ3v) is 6.16. The molecular weight excluding hydrogens is 382 g/mol. The van der Waals surface area contributed by atoms with Crippen LogP contribution in [-0.4, -0.2) is 62.9 Å². The Hall–Kier alpha value is -3.29. The summed E-state index contributed by atoms with van der Waals surface area (Å²) in [7, 11) is 0. The molecule has 2 amide bonds. The van der Waals surface area contributed by atoms with Gasteiger partial charge in [0.05, 0.1) is 5.92 Å². The van der Waals surface area contributed by atoms with E-state index in [9.17, 15) is 9.59 Å². The number of carbonyl (C=O) groups excluding carboxylic acids is 2. The zero-order valence-electron chi connectivity index (χ0n) is 16.8. The van der Waals surface area contributed by atoms with Crippen LogP contribution in [-0.2, 0) is 4.79 Å². The molecule has 2 aliphatic heterocycles. The monoisotopic (exact) mass is 405 g/mol. The summed E-state index contributed by atoms with van der Waals surface area (Å²) < 4.78 is 5.50. The molecular formula is C22H23N5O3. The van der Waals surface area contributed by atoms with E-state index in [-0.39, 0.29) is 23.7 Å². The Kier molecular flexibility index (Phi) is 4.69. The van der Waals surface area contributed by atoms with Gasteiger partial charge in [-0.1, -0.05) is 29.4 Å². The Bertz CT molecular complexity index is 1090. The molecule has 0 radical (unpaired) electrons. The number of likely N-dealkylation sites (tertiary alicyclic amines) is 2. The van der Waals surface area contributed by atoms with E-state index in [1.54, 1.807) is 18.0 Å². The fourth-order valence-corrected chi connectivity index (χ4v) is 4.27. The standard InChI is InChI=1S/C22H23N5O3/c1-14(28)26-10-7-16(8-11-26)20-24-21(30-25-20)17-12-27(13-17)22(29)19-18-5-3-2-4-15(18)6-9-23-19/h2-6,9,16-17H,7-8,10-13H2,1H3. The van der Waals surface area contributed by atoms with Gasteiger partial charge in [0, 0.05) is 50.6 Å².